The molecule has 0 saturated heterocycles. The van der Waals surface area contributed by atoms with Crippen LogP contribution in [-0.2, 0) is 0 Å². The number of hydrogen-bond donors (Lipinski definition) is 0. The van der Waals surface area contributed by atoms with Crippen molar-refractivity contribution in [2.75, 3.05) is 0 Å². The Morgan fingerprint density at radius 3 is 1.12 bits per heavy atom. The Morgan fingerprint density at radius 2 is 0.875 bits per heavy atom. The summed E-state index contributed by atoms with van der Waals surface area (Å²) in [5.74, 6) is 0. The minimum atomic E-state index is 0.640. The van der Waals surface area contributed by atoms with Gasteiger partial charge >= 0.3 is 0 Å². The molecular weight excluding hydrogens is 196 g/mol. The maximum atomic E-state index is 6.86. The zero-order valence-electron chi connectivity index (χ0n) is 8.51. The molecule has 0 aliphatic rings. The third-order valence-corrected chi connectivity index (χ3v) is 2.33. The first kappa shape index (κ1) is 9.96. The van der Waals surface area contributed by atoms with Crippen LogP contribution in [-0.4, -0.2) is 0 Å². The maximum absolute atomic E-state index is 6.86. The van der Waals surface area contributed by atoms with E-state index in [1.54, 1.807) is 24.3 Å². The van der Waals surface area contributed by atoms with E-state index < -0.39 is 0 Å². The molecule has 2 nitrogen and oxygen atoms in total. The molecule has 2 aromatic carbocycles. The summed E-state index contributed by atoms with van der Waals surface area (Å²) in [6.07, 6.45) is 0. The fourth-order valence-electron chi connectivity index (χ4n) is 1.46. The zero-order valence-corrected chi connectivity index (χ0v) is 8.51. The Bertz CT molecular complexity index is 511. The molecule has 0 fully saturated rings. The Balaban J connectivity index is 2.36. The first-order chi connectivity index (χ1) is 7.83. The normalized spacial score (nSPS) is 9.12. The first-order valence-corrected chi connectivity index (χ1v) is 4.79. The molecule has 0 amide bonds. The fourth-order valence-corrected chi connectivity index (χ4v) is 1.46. The summed E-state index contributed by atoms with van der Waals surface area (Å²) in [4.78, 5) is 6.69. The van der Waals surface area contributed by atoms with Gasteiger partial charge in [-0.25, -0.2) is 9.69 Å². The van der Waals surface area contributed by atoms with Gasteiger partial charge < -0.3 is 0 Å². The van der Waals surface area contributed by atoms with E-state index in [0.29, 0.717) is 11.4 Å². The van der Waals surface area contributed by atoms with Crippen molar-refractivity contribution >= 4 is 11.4 Å². The predicted molar refractivity (Wildman–Crippen MR) is 64.4 cm³/mol. The number of benzene rings is 2. The minimum absolute atomic E-state index is 0.640. The molecule has 0 atom stereocenters. The van der Waals surface area contributed by atoms with E-state index in [-0.39, 0.29) is 0 Å². The van der Waals surface area contributed by atoms with Crippen LogP contribution in [0.2, 0.25) is 0 Å². The van der Waals surface area contributed by atoms with Crippen LogP contribution in [0.3, 0.4) is 0 Å². The highest BCUT2D eigenvalue weighted by atomic mass is 14.6. The van der Waals surface area contributed by atoms with Gasteiger partial charge in [0.15, 0.2) is 11.4 Å². The van der Waals surface area contributed by atoms with Gasteiger partial charge in [-0.05, 0) is 11.1 Å². The lowest BCUT2D eigenvalue weighted by Crippen LogP contribution is -1.75. The molecule has 0 radical (unpaired) electrons. The number of nitrogens with zero attached hydrogens (tertiary/aromatic N) is 2. The molecule has 0 bridgehead atoms. The predicted octanol–water partition coefficient (Wildman–Crippen LogP) is 4.46. The largest absolute Gasteiger partial charge is 0.238 e. The van der Waals surface area contributed by atoms with Crippen molar-refractivity contribution < 1.29 is 0 Å². The molecule has 0 spiro atoms. The molecule has 0 aliphatic heterocycles. The van der Waals surface area contributed by atoms with Crippen LogP contribution in [0.15, 0.2) is 48.5 Å². The van der Waals surface area contributed by atoms with Crippen molar-refractivity contribution in [2.45, 2.75) is 0 Å². The Morgan fingerprint density at radius 1 is 0.562 bits per heavy atom. The van der Waals surface area contributed by atoms with Gasteiger partial charge in [-0.15, -0.1) is 0 Å². The number of rotatable bonds is 1. The molecule has 2 rings (SSSR count). The second-order valence-corrected chi connectivity index (χ2v) is 3.32. The van der Waals surface area contributed by atoms with E-state index in [1.165, 1.54) is 0 Å². The summed E-state index contributed by atoms with van der Waals surface area (Å²) in [7, 11) is 0. The van der Waals surface area contributed by atoms with E-state index >= 15 is 0 Å². The first-order valence-electron chi connectivity index (χ1n) is 4.79. The van der Waals surface area contributed by atoms with E-state index in [1.807, 2.05) is 24.3 Å². The molecule has 16 heavy (non-hydrogen) atoms. The Kier molecular flexibility index (Phi) is 2.67. The molecule has 0 aliphatic carbocycles. The topological polar surface area (TPSA) is 8.72 Å². The summed E-state index contributed by atoms with van der Waals surface area (Å²) in [6.45, 7) is 13.7. The van der Waals surface area contributed by atoms with Crippen LogP contribution in [0.5, 0.6) is 0 Å². The SMILES string of the molecule is [C-]#[N+]c1ccc(-c2ccc([N+]#[C-])cc2)cc1. The summed E-state index contributed by atoms with van der Waals surface area (Å²) in [5, 5.41) is 0. The van der Waals surface area contributed by atoms with E-state index in [0.717, 1.165) is 11.1 Å². The summed E-state index contributed by atoms with van der Waals surface area (Å²) in [6, 6.07) is 14.9. The molecule has 0 aromatic heterocycles. The molecule has 2 aromatic rings. The van der Waals surface area contributed by atoms with Crippen LogP contribution in [0.4, 0.5) is 11.4 Å². The summed E-state index contributed by atoms with van der Waals surface area (Å²) < 4.78 is 0. The summed E-state index contributed by atoms with van der Waals surface area (Å²) >= 11 is 0. The lowest BCUT2D eigenvalue weighted by Gasteiger charge is -2.01. The molecule has 2 heteroatoms. The van der Waals surface area contributed by atoms with Crippen LogP contribution in [0.25, 0.3) is 20.8 Å². The average molecular weight is 204 g/mol. The van der Waals surface area contributed by atoms with Crippen LogP contribution in [0.1, 0.15) is 0 Å². The monoisotopic (exact) mass is 204 g/mol. The summed E-state index contributed by atoms with van der Waals surface area (Å²) in [5.41, 5.74) is 3.40. The van der Waals surface area contributed by atoms with Gasteiger partial charge in [0.05, 0.1) is 13.1 Å². The van der Waals surface area contributed by atoms with Crippen molar-refractivity contribution in [3.8, 4) is 11.1 Å². The highest BCUT2D eigenvalue weighted by Crippen LogP contribution is 2.24. The van der Waals surface area contributed by atoms with Crippen molar-refractivity contribution in [1.82, 2.24) is 0 Å². The molecule has 0 heterocycles. The Labute approximate surface area is 94.4 Å². The second kappa shape index (κ2) is 4.29. The van der Waals surface area contributed by atoms with Crippen molar-refractivity contribution in [3.63, 3.8) is 0 Å². The highest BCUT2D eigenvalue weighted by Gasteiger charge is 1.98. The fraction of sp³-hybridized carbons (Fsp3) is 0. The van der Waals surface area contributed by atoms with Crippen molar-refractivity contribution in [1.29, 1.82) is 0 Å². The zero-order chi connectivity index (χ0) is 11.4. The van der Waals surface area contributed by atoms with Crippen LogP contribution >= 0.6 is 0 Å². The van der Waals surface area contributed by atoms with E-state index in [4.69, 9.17) is 13.1 Å². The molecule has 74 valence electrons. The molecule has 0 unspecified atom stereocenters. The smallest absolute Gasteiger partial charge is 0.187 e. The average Bonchev–Trinajstić information content (AvgIpc) is 2.39. The van der Waals surface area contributed by atoms with Gasteiger partial charge in [0.2, 0.25) is 0 Å². The second-order valence-electron chi connectivity index (χ2n) is 3.32. The van der Waals surface area contributed by atoms with Gasteiger partial charge in [0.25, 0.3) is 0 Å². The van der Waals surface area contributed by atoms with Crippen molar-refractivity contribution in [2.24, 2.45) is 0 Å². The van der Waals surface area contributed by atoms with Gasteiger partial charge in [-0.3, -0.25) is 0 Å². The lowest BCUT2D eigenvalue weighted by atomic mass is 10.1. The third kappa shape index (κ3) is 1.92. The number of hydrogen-bond acceptors (Lipinski definition) is 0. The third-order valence-electron chi connectivity index (χ3n) is 2.33. The molecule has 0 N–H and O–H groups in total. The molecular formula is C14H8N2. The standard InChI is InChI=1S/C14H8N2/c1-15-13-7-3-11(4-8-13)12-5-9-14(16-2)10-6-12/h3-10H. The minimum Gasteiger partial charge on any atom is -0.238 e. The van der Waals surface area contributed by atoms with E-state index in [9.17, 15) is 0 Å². The highest BCUT2D eigenvalue weighted by molar-refractivity contribution is 5.68. The van der Waals surface area contributed by atoms with Crippen LogP contribution < -0.4 is 0 Å². The maximum Gasteiger partial charge on any atom is 0.187 e. The van der Waals surface area contributed by atoms with Gasteiger partial charge in [-0.2, -0.15) is 0 Å². The van der Waals surface area contributed by atoms with Crippen molar-refractivity contribution in [3.05, 3.63) is 71.4 Å². The van der Waals surface area contributed by atoms with E-state index in [2.05, 4.69) is 9.69 Å². The molecule has 0 saturated carbocycles. The van der Waals surface area contributed by atoms with Crippen LogP contribution in [0, 0.1) is 13.1 Å². The quantitative estimate of drug-likeness (QED) is 0.606. The van der Waals surface area contributed by atoms with Gasteiger partial charge in [0, 0.05) is 0 Å². The Hall–Kier alpha value is -2.58. The van der Waals surface area contributed by atoms with Gasteiger partial charge in [0.1, 0.15) is 0 Å². The van der Waals surface area contributed by atoms with Gasteiger partial charge in [-0.1, -0.05) is 48.5 Å². The lowest BCUT2D eigenvalue weighted by molar-refractivity contribution is 1.63.